The minimum Gasteiger partial charge on any atom is -0.398 e. The molecule has 19 heavy (non-hydrogen) atoms. The third-order valence-corrected chi connectivity index (χ3v) is 3.21. The van der Waals surface area contributed by atoms with E-state index in [1.807, 2.05) is 6.07 Å². The van der Waals surface area contributed by atoms with Gasteiger partial charge in [0.1, 0.15) is 0 Å². The lowest BCUT2D eigenvalue weighted by molar-refractivity contribution is -0.136. The summed E-state index contributed by atoms with van der Waals surface area (Å²) in [6.45, 7) is 0. The zero-order chi connectivity index (χ0) is 13.6. The van der Waals surface area contributed by atoms with E-state index < -0.39 is 11.7 Å². The number of benzene rings is 1. The van der Waals surface area contributed by atoms with Gasteiger partial charge in [0.2, 0.25) is 0 Å². The summed E-state index contributed by atoms with van der Waals surface area (Å²) in [6.07, 6.45) is -0.564. The van der Waals surface area contributed by atoms with Crippen molar-refractivity contribution in [2.45, 2.75) is 24.9 Å². The predicted molar refractivity (Wildman–Crippen MR) is 65.0 cm³/mol. The number of rotatable bonds is 2. The van der Waals surface area contributed by atoms with Gasteiger partial charge in [-0.2, -0.15) is 18.3 Å². The number of aromatic nitrogens is 2. The monoisotopic (exact) mass is 267 g/mol. The molecule has 1 aromatic carbocycles. The number of alkyl halides is 3. The molecule has 1 fully saturated rings. The Morgan fingerprint density at radius 3 is 2.58 bits per heavy atom. The molecule has 0 radical (unpaired) electrons. The molecular formula is C13H12F3N3. The third-order valence-electron chi connectivity index (χ3n) is 3.21. The molecule has 0 spiro atoms. The van der Waals surface area contributed by atoms with Crippen LogP contribution in [0, 0.1) is 0 Å². The molecule has 1 aromatic heterocycles. The van der Waals surface area contributed by atoms with Crippen LogP contribution in [0.1, 0.15) is 30.0 Å². The van der Waals surface area contributed by atoms with Crippen molar-refractivity contribution in [2.24, 2.45) is 0 Å². The molecule has 1 heterocycles. The maximum atomic E-state index is 12.8. The molecule has 1 saturated carbocycles. The summed E-state index contributed by atoms with van der Waals surface area (Å²) >= 11 is 0. The van der Waals surface area contributed by atoms with Crippen molar-refractivity contribution >= 4 is 5.69 Å². The van der Waals surface area contributed by atoms with Crippen molar-refractivity contribution in [1.29, 1.82) is 0 Å². The Morgan fingerprint density at radius 1 is 1.21 bits per heavy atom. The molecule has 3 nitrogen and oxygen atoms in total. The number of nitrogen functional groups attached to an aromatic ring is 1. The van der Waals surface area contributed by atoms with Crippen molar-refractivity contribution < 1.29 is 13.2 Å². The van der Waals surface area contributed by atoms with Crippen LogP contribution in [0.3, 0.4) is 0 Å². The average Bonchev–Trinajstić information content (AvgIpc) is 3.07. The van der Waals surface area contributed by atoms with E-state index in [0.29, 0.717) is 11.6 Å². The van der Waals surface area contributed by atoms with Gasteiger partial charge in [-0.05, 0) is 37.1 Å². The lowest BCUT2D eigenvalue weighted by Gasteiger charge is -2.11. The molecular weight excluding hydrogens is 255 g/mol. The second-order valence-corrected chi connectivity index (χ2v) is 4.73. The van der Waals surface area contributed by atoms with Crippen LogP contribution in [0.25, 0.3) is 5.69 Å². The van der Waals surface area contributed by atoms with Crippen LogP contribution in [0.4, 0.5) is 18.9 Å². The van der Waals surface area contributed by atoms with E-state index in [4.69, 9.17) is 5.73 Å². The summed E-state index contributed by atoms with van der Waals surface area (Å²) in [7, 11) is 0. The maximum absolute atomic E-state index is 12.8. The van der Waals surface area contributed by atoms with E-state index in [0.717, 1.165) is 24.6 Å². The van der Waals surface area contributed by atoms with Gasteiger partial charge in [-0.15, -0.1) is 0 Å². The summed E-state index contributed by atoms with van der Waals surface area (Å²) < 4.78 is 39.8. The number of halogens is 3. The molecule has 2 aromatic rings. The van der Waals surface area contributed by atoms with Crippen LogP contribution in [0.15, 0.2) is 30.5 Å². The highest BCUT2D eigenvalue weighted by molar-refractivity contribution is 5.54. The van der Waals surface area contributed by atoms with Gasteiger partial charge in [0, 0.05) is 17.8 Å². The highest BCUT2D eigenvalue weighted by Crippen LogP contribution is 2.39. The molecule has 0 unspecified atom stereocenters. The Morgan fingerprint density at radius 2 is 1.95 bits per heavy atom. The summed E-state index contributed by atoms with van der Waals surface area (Å²) in [5.41, 5.74) is 5.57. The average molecular weight is 267 g/mol. The molecule has 0 bridgehead atoms. The van der Waals surface area contributed by atoms with Crippen molar-refractivity contribution in [3.63, 3.8) is 0 Å². The first-order chi connectivity index (χ1) is 8.95. The predicted octanol–water partition coefficient (Wildman–Crippen LogP) is 3.35. The van der Waals surface area contributed by atoms with Crippen molar-refractivity contribution in [2.75, 3.05) is 5.73 Å². The second kappa shape index (κ2) is 4.01. The number of nitrogens with two attached hydrogens (primary N) is 1. The Balaban J connectivity index is 1.99. The lowest BCUT2D eigenvalue weighted by Crippen LogP contribution is -2.10. The zero-order valence-electron chi connectivity index (χ0n) is 9.98. The van der Waals surface area contributed by atoms with E-state index >= 15 is 0 Å². The summed E-state index contributed by atoms with van der Waals surface area (Å²) in [5.74, 6) is 0.470. The quantitative estimate of drug-likeness (QED) is 0.848. The van der Waals surface area contributed by atoms with Gasteiger partial charge in [-0.25, -0.2) is 4.68 Å². The Hall–Kier alpha value is -1.98. The summed E-state index contributed by atoms with van der Waals surface area (Å²) in [5, 5.41) is 4.30. The first kappa shape index (κ1) is 12.1. The largest absolute Gasteiger partial charge is 0.418 e. The fraction of sp³-hybridized carbons (Fsp3) is 0.308. The number of hydrogen-bond donors (Lipinski definition) is 1. The summed E-state index contributed by atoms with van der Waals surface area (Å²) in [6, 6.07) is 5.67. The first-order valence-corrected chi connectivity index (χ1v) is 5.98. The molecule has 2 N–H and O–H groups in total. The smallest absolute Gasteiger partial charge is 0.398 e. The minimum absolute atomic E-state index is 0.272. The Bertz CT molecular complexity index is 612. The molecule has 1 aliphatic rings. The molecule has 3 rings (SSSR count). The third kappa shape index (κ3) is 2.30. The normalized spacial score (nSPS) is 15.7. The molecule has 0 atom stereocenters. The van der Waals surface area contributed by atoms with Crippen LogP contribution in [0.2, 0.25) is 0 Å². The van der Waals surface area contributed by atoms with Gasteiger partial charge in [-0.1, -0.05) is 0 Å². The van der Waals surface area contributed by atoms with Crippen LogP contribution < -0.4 is 5.73 Å². The second-order valence-electron chi connectivity index (χ2n) is 4.73. The van der Waals surface area contributed by atoms with Crippen LogP contribution in [-0.2, 0) is 6.18 Å². The molecule has 100 valence electrons. The Kier molecular flexibility index (Phi) is 2.55. The molecule has 0 amide bonds. The van der Waals surface area contributed by atoms with Gasteiger partial charge >= 0.3 is 6.18 Å². The fourth-order valence-electron chi connectivity index (χ4n) is 2.01. The van der Waals surface area contributed by atoms with Gasteiger partial charge in [0.05, 0.1) is 16.9 Å². The molecule has 0 saturated heterocycles. The van der Waals surface area contributed by atoms with Gasteiger partial charge in [0.15, 0.2) is 0 Å². The van der Waals surface area contributed by atoms with Gasteiger partial charge in [0.25, 0.3) is 0 Å². The highest BCUT2D eigenvalue weighted by Gasteiger charge is 2.33. The fourth-order valence-corrected chi connectivity index (χ4v) is 2.01. The highest BCUT2D eigenvalue weighted by atomic mass is 19.4. The van der Waals surface area contributed by atoms with E-state index in [2.05, 4.69) is 5.10 Å². The van der Waals surface area contributed by atoms with Crippen molar-refractivity contribution in [1.82, 2.24) is 9.78 Å². The SMILES string of the molecule is Nc1ccc(-n2ccc(C3CC3)n2)cc1C(F)(F)F. The van der Waals surface area contributed by atoms with E-state index in [1.54, 1.807) is 6.20 Å². The van der Waals surface area contributed by atoms with Crippen molar-refractivity contribution in [3.8, 4) is 5.69 Å². The maximum Gasteiger partial charge on any atom is 0.418 e. The molecule has 0 aliphatic heterocycles. The van der Waals surface area contributed by atoms with E-state index in [1.165, 1.54) is 16.8 Å². The molecule has 1 aliphatic carbocycles. The topological polar surface area (TPSA) is 43.8 Å². The van der Waals surface area contributed by atoms with Crippen molar-refractivity contribution in [3.05, 3.63) is 41.7 Å². The van der Waals surface area contributed by atoms with Gasteiger partial charge < -0.3 is 5.73 Å². The lowest BCUT2D eigenvalue weighted by atomic mass is 10.1. The van der Waals surface area contributed by atoms with Crippen LogP contribution in [0.5, 0.6) is 0 Å². The van der Waals surface area contributed by atoms with Crippen LogP contribution >= 0.6 is 0 Å². The van der Waals surface area contributed by atoms with E-state index in [9.17, 15) is 13.2 Å². The minimum atomic E-state index is -4.45. The number of hydrogen-bond acceptors (Lipinski definition) is 2. The Labute approximate surface area is 107 Å². The van der Waals surface area contributed by atoms with E-state index in [-0.39, 0.29) is 5.69 Å². The number of nitrogens with zero attached hydrogens (tertiary/aromatic N) is 2. The summed E-state index contributed by atoms with van der Waals surface area (Å²) in [4.78, 5) is 0. The van der Waals surface area contributed by atoms with Crippen LogP contribution in [-0.4, -0.2) is 9.78 Å². The standard InChI is InChI=1S/C13H12F3N3/c14-13(15,16)10-7-9(3-4-11(10)17)19-6-5-12(18-19)8-1-2-8/h3-8H,1-2,17H2. The molecule has 6 heteroatoms. The first-order valence-electron chi connectivity index (χ1n) is 5.98. The number of anilines is 1. The zero-order valence-corrected chi connectivity index (χ0v) is 9.98. The van der Waals surface area contributed by atoms with Gasteiger partial charge in [-0.3, -0.25) is 0 Å².